The van der Waals surface area contributed by atoms with Gasteiger partial charge in [-0.2, -0.15) is 0 Å². The highest BCUT2D eigenvalue weighted by atomic mass is 32.2. The van der Waals surface area contributed by atoms with E-state index in [9.17, 15) is 8.42 Å². The third-order valence-electron chi connectivity index (χ3n) is 3.71. The van der Waals surface area contributed by atoms with Gasteiger partial charge >= 0.3 is 0 Å². The van der Waals surface area contributed by atoms with Gasteiger partial charge in [0.1, 0.15) is 5.84 Å². The minimum atomic E-state index is -3.06. The zero-order valence-electron chi connectivity index (χ0n) is 12.2. The fourth-order valence-corrected chi connectivity index (χ4v) is 3.22. The maximum atomic E-state index is 11.5. The number of hydrogen-bond donors (Lipinski definition) is 3. The third-order valence-corrected chi connectivity index (χ3v) is 5.01. The van der Waals surface area contributed by atoms with Crippen LogP contribution in [-0.2, 0) is 10.0 Å². The van der Waals surface area contributed by atoms with E-state index in [4.69, 9.17) is 0 Å². The summed E-state index contributed by atoms with van der Waals surface area (Å²) in [6, 6.07) is 0.260. The number of nitrogens with zero attached hydrogens (tertiary/aromatic N) is 2. The zero-order valence-corrected chi connectivity index (χ0v) is 13.0. The fraction of sp³-hybridized carbons (Fsp3) is 0.750. The third kappa shape index (κ3) is 3.71. The smallest absolute Gasteiger partial charge is 0.211 e. The van der Waals surface area contributed by atoms with Crippen molar-refractivity contribution in [2.24, 2.45) is 4.99 Å². The first-order chi connectivity index (χ1) is 9.32. The van der Waals surface area contributed by atoms with Gasteiger partial charge in [-0.05, 0) is 32.9 Å². The zero-order chi connectivity index (χ0) is 14.8. The van der Waals surface area contributed by atoms with Crippen LogP contribution < -0.4 is 16.0 Å². The second kappa shape index (κ2) is 5.71. The van der Waals surface area contributed by atoms with Crippen LogP contribution in [0.25, 0.3) is 0 Å². The average molecular weight is 301 g/mol. The standard InChI is InChI=1S/C12H23N5O2S/c1-12(13-2)14-7-4-11(16-12)15-10-5-8-17(9-6-10)20(3,18)19/h4,7,10,13-14H,5-6,8-9H2,1-3H3,(H,15,16). The van der Waals surface area contributed by atoms with Gasteiger partial charge in [-0.25, -0.2) is 17.7 Å². The molecule has 0 aromatic rings. The molecule has 8 heteroatoms. The van der Waals surface area contributed by atoms with Crippen LogP contribution in [0.1, 0.15) is 19.8 Å². The van der Waals surface area contributed by atoms with E-state index in [-0.39, 0.29) is 6.04 Å². The van der Waals surface area contributed by atoms with Crippen molar-refractivity contribution in [2.45, 2.75) is 31.6 Å². The Labute approximate surface area is 120 Å². The lowest BCUT2D eigenvalue weighted by molar-refractivity contribution is 0.306. The Kier molecular flexibility index (Phi) is 4.36. The van der Waals surface area contributed by atoms with Crippen LogP contribution in [0.3, 0.4) is 0 Å². The summed E-state index contributed by atoms with van der Waals surface area (Å²) in [5.74, 6) is 0.322. The molecule has 0 spiro atoms. The Morgan fingerprint density at radius 3 is 2.65 bits per heavy atom. The first-order valence-electron chi connectivity index (χ1n) is 6.77. The van der Waals surface area contributed by atoms with E-state index < -0.39 is 15.8 Å². The highest BCUT2D eigenvalue weighted by molar-refractivity contribution is 7.88. The lowest BCUT2D eigenvalue weighted by Crippen LogP contribution is -2.53. The molecule has 1 atom stereocenters. The molecule has 2 rings (SSSR count). The molecule has 0 radical (unpaired) electrons. The minimum absolute atomic E-state index is 0.260. The van der Waals surface area contributed by atoms with Crippen LogP contribution in [-0.4, -0.2) is 56.8 Å². The molecule has 2 heterocycles. The molecule has 2 aliphatic rings. The van der Waals surface area contributed by atoms with Gasteiger partial charge in [-0.1, -0.05) is 0 Å². The Balaban J connectivity index is 1.92. The summed E-state index contributed by atoms with van der Waals surface area (Å²) in [6.07, 6.45) is 6.60. The monoisotopic (exact) mass is 301 g/mol. The Bertz CT molecular complexity index is 508. The molecular formula is C12H23N5O2S. The van der Waals surface area contributed by atoms with Gasteiger partial charge in [0.2, 0.25) is 10.0 Å². The number of piperidine rings is 1. The first-order valence-corrected chi connectivity index (χ1v) is 8.62. The predicted molar refractivity (Wildman–Crippen MR) is 79.7 cm³/mol. The molecule has 7 nitrogen and oxygen atoms in total. The molecule has 1 unspecified atom stereocenters. The van der Waals surface area contributed by atoms with E-state index in [1.165, 1.54) is 10.6 Å². The van der Waals surface area contributed by atoms with Crippen LogP contribution in [0.4, 0.5) is 0 Å². The molecule has 2 aliphatic heterocycles. The molecule has 1 saturated heterocycles. The number of nitrogens with one attached hydrogen (secondary N) is 3. The minimum Gasteiger partial charge on any atom is -0.367 e. The van der Waals surface area contributed by atoms with Crippen LogP contribution in [0.5, 0.6) is 0 Å². The lowest BCUT2D eigenvalue weighted by Gasteiger charge is -2.33. The van der Waals surface area contributed by atoms with Crippen molar-refractivity contribution in [1.82, 2.24) is 20.3 Å². The van der Waals surface area contributed by atoms with Crippen molar-refractivity contribution in [3.05, 3.63) is 12.3 Å². The molecule has 0 amide bonds. The molecular weight excluding hydrogens is 278 g/mol. The van der Waals surface area contributed by atoms with Gasteiger partial charge in [0.15, 0.2) is 5.79 Å². The first kappa shape index (κ1) is 15.3. The van der Waals surface area contributed by atoms with Crippen molar-refractivity contribution in [2.75, 3.05) is 26.4 Å². The van der Waals surface area contributed by atoms with E-state index >= 15 is 0 Å². The van der Waals surface area contributed by atoms with Crippen molar-refractivity contribution in [3.63, 3.8) is 0 Å². The molecule has 0 saturated carbocycles. The SMILES string of the molecule is CNC1(C)N=C(NC2CCN(S(C)(=O)=O)CC2)C=CN1. The Hall–Kier alpha value is -1.12. The van der Waals surface area contributed by atoms with Crippen molar-refractivity contribution in [3.8, 4) is 0 Å². The van der Waals surface area contributed by atoms with Crippen molar-refractivity contribution < 1.29 is 8.42 Å². The number of hydrogen-bond acceptors (Lipinski definition) is 6. The summed E-state index contributed by atoms with van der Waals surface area (Å²) in [5.41, 5.74) is 0. The molecule has 0 aromatic carbocycles. The van der Waals surface area contributed by atoms with Gasteiger partial charge in [0.05, 0.1) is 6.26 Å². The quantitative estimate of drug-likeness (QED) is 0.649. The van der Waals surface area contributed by atoms with E-state index in [0.717, 1.165) is 18.7 Å². The molecule has 114 valence electrons. The van der Waals surface area contributed by atoms with Crippen LogP contribution in [0, 0.1) is 0 Å². The van der Waals surface area contributed by atoms with E-state index in [0.29, 0.717) is 13.1 Å². The molecule has 0 aliphatic carbocycles. The molecule has 0 bridgehead atoms. The summed E-state index contributed by atoms with van der Waals surface area (Å²) in [5, 5.41) is 9.61. The van der Waals surface area contributed by atoms with Crippen molar-refractivity contribution in [1.29, 1.82) is 0 Å². The highest BCUT2D eigenvalue weighted by Gasteiger charge is 2.27. The van der Waals surface area contributed by atoms with Crippen molar-refractivity contribution >= 4 is 15.9 Å². The normalized spacial score (nSPS) is 28.9. The van der Waals surface area contributed by atoms with E-state index in [1.807, 2.05) is 26.2 Å². The summed E-state index contributed by atoms with van der Waals surface area (Å²) in [6.45, 7) is 3.08. The van der Waals surface area contributed by atoms with Gasteiger partial charge < -0.3 is 10.6 Å². The Morgan fingerprint density at radius 1 is 1.45 bits per heavy atom. The lowest BCUT2D eigenvalue weighted by atomic mass is 10.1. The molecule has 0 aromatic heterocycles. The van der Waals surface area contributed by atoms with Gasteiger partial charge in [0.25, 0.3) is 0 Å². The number of amidine groups is 1. The summed E-state index contributed by atoms with van der Waals surface area (Å²) < 4.78 is 24.5. The van der Waals surface area contributed by atoms with E-state index in [1.54, 1.807) is 0 Å². The van der Waals surface area contributed by atoms with Gasteiger partial charge in [-0.3, -0.25) is 5.32 Å². The summed E-state index contributed by atoms with van der Waals surface area (Å²) in [4.78, 5) is 4.56. The van der Waals surface area contributed by atoms with Crippen LogP contribution >= 0.6 is 0 Å². The maximum Gasteiger partial charge on any atom is 0.211 e. The van der Waals surface area contributed by atoms with Gasteiger partial charge in [-0.15, -0.1) is 0 Å². The Morgan fingerprint density at radius 2 is 2.10 bits per heavy atom. The number of sulfonamides is 1. The number of rotatable bonds is 3. The van der Waals surface area contributed by atoms with E-state index in [2.05, 4.69) is 20.9 Å². The van der Waals surface area contributed by atoms with Gasteiger partial charge in [0, 0.05) is 25.3 Å². The molecule has 3 N–H and O–H groups in total. The fourth-order valence-electron chi connectivity index (χ4n) is 2.34. The maximum absolute atomic E-state index is 11.5. The largest absolute Gasteiger partial charge is 0.367 e. The predicted octanol–water partition coefficient (Wildman–Crippen LogP) is -0.591. The second-order valence-electron chi connectivity index (χ2n) is 5.38. The number of aliphatic imine (C=N–C) groups is 1. The van der Waals surface area contributed by atoms with Crippen LogP contribution in [0.15, 0.2) is 17.3 Å². The van der Waals surface area contributed by atoms with Crippen LogP contribution in [0.2, 0.25) is 0 Å². The second-order valence-corrected chi connectivity index (χ2v) is 7.36. The molecule has 20 heavy (non-hydrogen) atoms. The average Bonchev–Trinajstić information content (AvgIpc) is 2.38. The highest BCUT2D eigenvalue weighted by Crippen LogP contribution is 2.14. The topological polar surface area (TPSA) is 85.8 Å². The summed E-state index contributed by atoms with van der Waals surface area (Å²) in [7, 11) is -1.22. The summed E-state index contributed by atoms with van der Waals surface area (Å²) >= 11 is 0. The molecule has 1 fully saturated rings.